The van der Waals surface area contributed by atoms with Gasteiger partial charge in [0.25, 0.3) is 5.91 Å². The molecule has 2 saturated heterocycles. The number of ether oxygens (including phenoxy) is 1. The van der Waals surface area contributed by atoms with Crippen molar-refractivity contribution < 1.29 is 32.6 Å². The number of aliphatic hydroxyl groups is 1. The van der Waals surface area contributed by atoms with Crippen molar-refractivity contribution in [3.63, 3.8) is 0 Å². The minimum Gasteiger partial charge on any atom is -0.452 e. The van der Waals surface area contributed by atoms with E-state index in [1.54, 1.807) is 42.5 Å². The third-order valence-corrected chi connectivity index (χ3v) is 7.05. The molecule has 1 amide bonds. The Morgan fingerprint density at radius 1 is 1.00 bits per heavy atom. The van der Waals surface area contributed by atoms with E-state index in [0.29, 0.717) is 41.5 Å². The number of benzene rings is 2. The van der Waals surface area contributed by atoms with Crippen LogP contribution in [0.25, 0.3) is 0 Å². The fourth-order valence-corrected chi connectivity index (χ4v) is 4.99. The summed E-state index contributed by atoms with van der Waals surface area (Å²) in [5, 5.41) is 12.0. The maximum atomic E-state index is 13.0. The summed E-state index contributed by atoms with van der Waals surface area (Å²) in [5.41, 5.74) is -0.130. The molecule has 0 radical (unpaired) electrons. The van der Waals surface area contributed by atoms with E-state index in [1.807, 2.05) is 4.90 Å². The Hall–Kier alpha value is -2.33. The van der Waals surface area contributed by atoms with Gasteiger partial charge in [-0.3, -0.25) is 9.69 Å². The van der Waals surface area contributed by atoms with Gasteiger partial charge in [-0.15, -0.1) is 0 Å². The van der Waals surface area contributed by atoms with Crippen LogP contribution in [0.15, 0.2) is 48.5 Å². The maximum Gasteiger partial charge on any atom is 0.490 e. The number of esters is 1. The highest BCUT2D eigenvalue weighted by molar-refractivity contribution is 6.31. The van der Waals surface area contributed by atoms with Crippen molar-refractivity contribution in [1.82, 2.24) is 9.80 Å². The molecule has 35 heavy (non-hydrogen) atoms. The van der Waals surface area contributed by atoms with E-state index in [9.17, 15) is 27.9 Å². The van der Waals surface area contributed by atoms with Gasteiger partial charge in [-0.1, -0.05) is 41.4 Å². The topological polar surface area (TPSA) is 70.1 Å². The molecule has 6 nitrogen and oxygen atoms in total. The number of alkyl halides is 3. The summed E-state index contributed by atoms with van der Waals surface area (Å²) >= 11 is 11.9. The molecular formula is C24H23Cl2F3N2O4. The summed E-state index contributed by atoms with van der Waals surface area (Å²) < 4.78 is 43.6. The molecule has 2 fully saturated rings. The molecule has 2 aromatic rings. The zero-order valence-corrected chi connectivity index (χ0v) is 20.0. The molecule has 0 saturated carbocycles. The van der Waals surface area contributed by atoms with Gasteiger partial charge in [0.15, 0.2) is 0 Å². The molecule has 0 unspecified atom stereocenters. The Morgan fingerprint density at radius 3 is 2.26 bits per heavy atom. The van der Waals surface area contributed by atoms with Gasteiger partial charge >= 0.3 is 12.1 Å². The van der Waals surface area contributed by atoms with E-state index < -0.39 is 35.8 Å². The number of piperidine rings is 1. The highest BCUT2D eigenvalue weighted by atomic mass is 35.5. The molecule has 4 rings (SSSR count). The lowest BCUT2D eigenvalue weighted by Gasteiger charge is -2.42. The molecule has 0 bridgehead atoms. The van der Waals surface area contributed by atoms with Crippen LogP contribution in [0.1, 0.15) is 28.8 Å². The second kappa shape index (κ2) is 9.97. The van der Waals surface area contributed by atoms with Crippen LogP contribution >= 0.6 is 23.2 Å². The van der Waals surface area contributed by atoms with Crippen LogP contribution in [0.4, 0.5) is 13.2 Å². The zero-order valence-electron chi connectivity index (χ0n) is 18.5. The predicted molar refractivity (Wildman–Crippen MR) is 123 cm³/mol. The maximum absolute atomic E-state index is 13.0. The first-order valence-corrected chi connectivity index (χ1v) is 11.8. The molecule has 2 aliphatic heterocycles. The van der Waals surface area contributed by atoms with Gasteiger partial charge in [-0.25, -0.2) is 4.79 Å². The third-order valence-electron chi connectivity index (χ3n) is 6.56. The Morgan fingerprint density at radius 2 is 1.66 bits per heavy atom. The van der Waals surface area contributed by atoms with Gasteiger partial charge in [-0.2, -0.15) is 13.2 Å². The lowest BCUT2D eigenvalue weighted by molar-refractivity contribution is -0.206. The smallest absolute Gasteiger partial charge is 0.452 e. The Bertz CT molecular complexity index is 1090. The molecule has 2 aromatic carbocycles. The first-order chi connectivity index (χ1) is 16.5. The van der Waals surface area contributed by atoms with E-state index in [4.69, 9.17) is 27.9 Å². The zero-order chi connectivity index (χ0) is 25.4. The van der Waals surface area contributed by atoms with Gasteiger partial charge in [0.05, 0.1) is 18.2 Å². The second-order valence-corrected chi connectivity index (χ2v) is 9.68. The van der Waals surface area contributed by atoms with Crippen molar-refractivity contribution in [2.24, 2.45) is 0 Å². The van der Waals surface area contributed by atoms with Gasteiger partial charge in [-0.05, 0) is 48.7 Å². The minimum atomic E-state index is -5.15. The lowest BCUT2D eigenvalue weighted by atomic mass is 9.84. The molecule has 188 valence electrons. The quantitative estimate of drug-likeness (QED) is 0.597. The van der Waals surface area contributed by atoms with Gasteiger partial charge in [0.2, 0.25) is 0 Å². The number of halogens is 5. The number of likely N-dealkylation sites (tertiary alicyclic amines) is 2. The van der Waals surface area contributed by atoms with Crippen LogP contribution in [0, 0.1) is 0 Å². The van der Waals surface area contributed by atoms with Crippen molar-refractivity contribution in [3.05, 3.63) is 69.7 Å². The molecule has 2 aliphatic rings. The summed E-state index contributed by atoms with van der Waals surface area (Å²) in [6, 6.07) is 12.4. The Labute approximate surface area is 210 Å². The van der Waals surface area contributed by atoms with Gasteiger partial charge in [0, 0.05) is 35.2 Å². The van der Waals surface area contributed by atoms with Gasteiger partial charge in [0.1, 0.15) is 6.10 Å². The van der Waals surface area contributed by atoms with Crippen molar-refractivity contribution in [2.75, 3.05) is 26.2 Å². The van der Waals surface area contributed by atoms with Crippen molar-refractivity contribution >= 4 is 35.1 Å². The Balaban J connectivity index is 1.51. The molecular weight excluding hydrogens is 508 g/mol. The van der Waals surface area contributed by atoms with Crippen LogP contribution in [-0.2, 0) is 15.1 Å². The number of hydrogen-bond donors (Lipinski definition) is 1. The molecule has 11 heteroatoms. The first-order valence-electron chi connectivity index (χ1n) is 11.0. The van der Waals surface area contributed by atoms with Crippen molar-refractivity contribution in [1.29, 1.82) is 0 Å². The molecule has 0 spiro atoms. The molecule has 0 aromatic heterocycles. The van der Waals surface area contributed by atoms with Crippen molar-refractivity contribution in [3.8, 4) is 0 Å². The van der Waals surface area contributed by atoms with Crippen LogP contribution in [0.2, 0.25) is 10.0 Å². The van der Waals surface area contributed by atoms with E-state index >= 15 is 0 Å². The lowest BCUT2D eigenvalue weighted by Crippen LogP contribution is -2.52. The monoisotopic (exact) mass is 530 g/mol. The van der Waals surface area contributed by atoms with Crippen LogP contribution in [-0.4, -0.2) is 71.3 Å². The average Bonchev–Trinajstić information content (AvgIpc) is 3.22. The second-order valence-electron chi connectivity index (χ2n) is 8.80. The molecule has 1 N–H and O–H groups in total. The highest BCUT2D eigenvalue weighted by Gasteiger charge is 2.48. The van der Waals surface area contributed by atoms with Crippen LogP contribution < -0.4 is 0 Å². The number of carbonyl (C=O) groups is 2. The fraction of sp³-hybridized carbons (Fsp3) is 0.417. The van der Waals surface area contributed by atoms with Crippen LogP contribution in [0.3, 0.4) is 0 Å². The number of nitrogens with zero attached hydrogens (tertiary/aromatic N) is 2. The number of hydrogen-bond acceptors (Lipinski definition) is 5. The van der Waals surface area contributed by atoms with E-state index in [2.05, 4.69) is 0 Å². The summed E-state index contributed by atoms with van der Waals surface area (Å²) in [5.74, 6) is -2.71. The predicted octanol–water partition coefficient (Wildman–Crippen LogP) is 4.28. The number of rotatable bonds is 4. The first kappa shape index (κ1) is 25.8. The largest absolute Gasteiger partial charge is 0.490 e. The summed E-state index contributed by atoms with van der Waals surface area (Å²) in [7, 11) is 0. The SMILES string of the molecule is O=C(c1cccc(Cl)c1)N1C[C@H](OC(=O)C(F)(F)F)[C@@H](N2CCC(O)(c3ccc(Cl)cc3)CC2)C1. The Kier molecular flexibility index (Phi) is 7.33. The normalized spacial score (nSPS) is 22.7. The number of carbonyl (C=O) groups excluding carboxylic acids is 2. The molecule has 2 atom stereocenters. The average molecular weight is 531 g/mol. The van der Waals surface area contributed by atoms with E-state index in [-0.39, 0.29) is 18.7 Å². The number of amides is 1. The standard InChI is InChI=1S/C24H23Cl2F3N2O4/c25-17-6-4-16(5-7-17)23(34)8-10-30(11-9-23)19-13-31(14-20(19)35-22(33)24(27,28)29)21(32)15-2-1-3-18(26)12-15/h1-7,12,19-20,34H,8-11,13-14H2/t19-,20-/m0/s1. The molecule has 0 aliphatic carbocycles. The fourth-order valence-electron chi connectivity index (χ4n) is 4.67. The summed E-state index contributed by atoms with van der Waals surface area (Å²) in [6.07, 6.45) is -5.69. The van der Waals surface area contributed by atoms with E-state index in [0.717, 1.165) is 0 Å². The van der Waals surface area contributed by atoms with Crippen molar-refractivity contribution in [2.45, 2.75) is 36.8 Å². The summed E-state index contributed by atoms with van der Waals surface area (Å²) in [6.45, 7) is 0.558. The van der Waals surface area contributed by atoms with Crippen LogP contribution in [0.5, 0.6) is 0 Å². The molecule has 2 heterocycles. The van der Waals surface area contributed by atoms with Gasteiger partial charge < -0.3 is 14.7 Å². The highest BCUT2D eigenvalue weighted by Crippen LogP contribution is 2.36. The third kappa shape index (κ3) is 5.74. The minimum absolute atomic E-state index is 0.0700. The summed E-state index contributed by atoms with van der Waals surface area (Å²) in [4.78, 5) is 27.9. The van der Waals surface area contributed by atoms with E-state index in [1.165, 1.54) is 11.0 Å².